The molecule has 0 aliphatic heterocycles. The second-order valence-electron chi connectivity index (χ2n) is 4.10. The number of aliphatic hydroxyl groups excluding tert-OH is 1. The molecule has 0 amide bonds. The molecule has 0 saturated carbocycles. The van der Waals surface area contributed by atoms with Crippen LogP contribution in [0.1, 0.15) is 37.2 Å². The minimum absolute atomic E-state index is 0.184. The fraction of sp³-hybridized carbons (Fsp3) is 0.385. The molecule has 19 heavy (non-hydrogen) atoms. The van der Waals surface area contributed by atoms with E-state index in [0.29, 0.717) is 17.5 Å². The Morgan fingerprint density at radius 2 is 2.26 bits per heavy atom. The van der Waals surface area contributed by atoms with Crippen molar-refractivity contribution < 1.29 is 14.4 Å². The van der Waals surface area contributed by atoms with Gasteiger partial charge in [0.05, 0.1) is 6.10 Å². The third kappa shape index (κ3) is 3.54. The predicted octanol–water partition coefficient (Wildman–Crippen LogP) is 3.03. The van der Waals surface area contributed by atoms with Crippen LogP contribution in [0.3, 0.4) is 0 Å². The fourth-order valence-electron chi connectivity index (χ4n) is 1.61. The van der Waals surface area contributed by atoms with Crippen LogP contribution in [0.5, 0.6) is 5.75 Å². The molecule has 102 valence electrons. The lowest BCUT2D eigenvalue weighted by atomic mass is 10.1. The molecule has 1 unspecified atom stereocenters. The van der Waals surface area contributed by atoms with Gasteiger partial charge in [0.15, 0.2) is 12.4 Å². The molecule has 1 heterocycles. The Labute approximate surface area is 119 Å². The standard InChI is InChI=1S/C13H15BrN2O3/c1-3-12-15-13(19-16-12)7-18-11-6-9(14)4-5-10(11)8(2)17/h4-6,8,17H,3,7H2,1-2H3. The summed E-state index contributed by atoms with van der Waals surface area (Å²) in [4.78, 5) is 4.16. The first-order valence-electron chi connectivity index (χ1n) is 6.02. The first-order valence-corrected chi connectivity index (χ1v) is 6.81. The van der Waals surface area contributed by atoms with Gasteiger partial charge in [-0.25, -0.2) is 0 Å². The number of hydrogen-bond acceptors (Lipinski definition) is 5. The molecule has 5 nitrogen and oxygen atoms in total. The van der Waals surface area contributed by atoms with Gasteiger partial charge in [0.2, 0.25) is 0 Å². The Bertz CT molecular complexity index is 555. The van der Waals surface area contributed by atoms with Crippen LogP contribution in [0.25, 0.3) is 0 Å². The highest BCUT2D eigenvalue weighted by Gasteiger charge is 2.12. The molecule has 1 aromatic heterocycles. The van der Waals surface area contributed by atoms with Crippen molar-refractivity contribution >= 4 is 15.9 Å². The maximum Gasteiger partial charge on any atom is 0.264 e. The Kier molecular flexibility index (Phi) is 4.55. The van der Waals surface area contributed by atoms with Crippen LogP contribution < -0.4 is 4.74 Å². The van der Waals surface area contributed by atoms with Gasteiger partial charge in [-0.15, -0.1) is 0 Å². The van der Waals surface area contributed by atoms with Crippen LogP contribution >= 0.6 is 15.9 Å². The maximum absolute atomic E-state index is 9.69. The van der Waals surface area contributed by atoms with Crippen molar-refractivity contribution in [2.45, 2.75) is 33.0 Å². The maximum atomic E-state index is 9.69. The van der Waals surface area contributed by atoms with Crippen LogP contribution in [0.15, 0.2) is 27.2 Å². The lowest BCUT2D eigenvalue weighted by molar-refractivity contribution is 0.185. The Morgan fingerprint density at radius 1 is 1.47 bits per heavy atom. The van der Waals surface area contributed by atoms with Gasteiger partial charge in [-0.1, -0.05) is 34.1 Å². The highest BCUT2D eigenvalue weighted by Crippen LogP contribution is 2.29. The van der Waals surface area contributed by atoms with Crippen molar-refractivity contribution in [1.82, 2.24) is 10.1 Å². The van der Waals surface area contributed by atoms with Gasteiger partial charge in [-0.2, -0.15) is 4.98 Å². The number of halogens is 1. The van der Waals surface area contributed by atoms with Crippen LogP contribution in [0, 0.1) is 0 Å². The number of nitrogens with zero attached hydrogens (tertiary/aromatic N) is 2. The van der Waals surface area contributed by atoms with Gasteiger partial charge in [-0.05, 0) is 19.1 Å². The van der Waals surface area contributed by atoms with Crippen molar-refractivity contribution in [3.8, 4) is 5.75 Å². The summed E-state index contributed by atoms with van der Waals surface area (Å²) in [7, 11) is 0. The predicted molar refractivity (Wildman–Crippen MR) is 72.8 cm³/mol. The van der Waals surface area contributed by atoms with Crippen LogP contribution in [0.2, 0.25) is 0 Å². The zero-order chi connectivity index (χ0) is 13.8. The third-order valence-electron chi connectivity index (χ3n) is 2.60. The molecule has 1 atom stereocenters. The number of benzene rings is 1. The molecule has 0 bridgehead atoms. The topological polar surface area (TPSA) is 68.4 Å². The first kappa shape index (κ1) is 14.0. The quantitative estimate of drug-likeness (QED) is 0.914. The van der Waals surface area contributed by atoms with Gasteiger partial charge in [0.25, 0.3) is 5.89 Å². The minimum atomic E-state index is -0.600. The van der Waals surface area contributed by atoms with E-state index in [2.05, 4.69) is 26.1 Å². The van der Waals surface area contributed by atoms with Gasteiger partial charge in [-0.3, -0.25) is 0 Å². The number of aromatic nitrogens is 2. The summed E-state index contributed by atoms with van der Waals surface area (Å²) in [5.41, 5.74) is 0.721. The van der Waals surface area contributed by atoms with Gasteiger partial charge >= 0.3 is 0 Å². The van der Waals surface area contributed by atoms with Crippen LogP contribution in [-0.4, -0.2) is 15.2 Å². The summed E-state index contributed by atoms with van der Waals surface area (Å²) < 4.78 is 11.6. The van der Waals surface area contributed by atoms with E-state index in [9.17, 15) is 5.11 Å². The molecule has 0 aliphatic carbocycles. The molecule has 0 radical (unpaired) electrons. The summed E-state index contributed by atoms with van der Waals surface area (Å²) in [5.74, 6) is 1.68. The number of ether oxygens (including phenoxy) is 1. The number of aryl methyl sites for hydroxylation is 1. The smallest absolute Gasteiger partial charge is 0.264 e. The van der Waals surface area contributed by atoms with Gasteiger partial charge < -0.3 is 14.4 Å². The number of aliphatic hydroxyl groups is 1. The molecule has 0 saturated heterocycles. The lowest BCUT2D eigenvalue weighted by Gasteiger charge is -2.12. The molecule has 6 heteroatoms. The van der Waals surface area contributed by atoms with Crippen LogP contribution in [0.4, 0.5) is 0 Å². The molecule has 1 N–H and O–H groups in total. The third-order valence-corrected chi connectivity index (χ3v) is 3.10. The van der Waals surface area contributed by atoms with Crippen molar-refractivity contribution in [1.29, 1.82) is 0 Å². The Hall–Kier alpha value is -1.40. The first-order chi connectivity index (χ1) is 9.10. The van der Waals surface area contributed by atoms with E-state index >= 15 is 0 Å². The van der Waals surface area contributed by atoms with Gasteiger partial charge in [0, 0.05) is 16.5 Å². The molecular weight excluding hydrogens is 312 g/mol. The normalized spacial score (nSPS) is 12.4. The SMILES string of the molecule is CCc1noc(COc2cc(Br)ccc2C(C)O)n1. The van der Waals surface area contributed by atoms with Crippen molar-refractivity contribution in [2.24, 2.45) is 0 Å². The molecule has 2 rings (SSSR count). The lowest BCUT2D eigenvalue weighted by Crippen LogP contribution is -2.01. The molecule has 0 fully saturated rings. The highest BCUT2D eigenvalue weighted by molar-refractivity contribution is 9.10. The van der Waals surface area contributed by atoms with Crippen LogP contribution in [-0.2, 0) is 13.0 Å². The highest BCUT2D eigenvalue weighted by atomic mass is 79.9. The largest absolute Gasteiger partial charge is 0.483 e. The summed E-state index contributed by atoms with van der Waals surface area (Å²) in [6.45, 7) is 3.83. The van der Waals surface area contributed by atoms with E-state index < -0.39 is 6.10 Å². The Morgan fingerprint density at radius 3 is 2.89 bits per heavy atom. The van der Waals surface area contributed by atoms with E-state index in [-0.39, 0.29) is 6.61 Å². The fourth-order valence-corrected chi connectivity index (χ4v) is 1.95. The zero-order valence-corrected chi connectivity index (χ0v) is 12.3. The van der Waals surface area contributed by atoms with E-state index in [1.807, 2.05) is 19.1 Å². The summed E-state index contributed by atoms with van der Waals surface area (Å²) >= 11 is 3.37. The van der Waals surface area contributed by atoms with E-state index in [1.54, 1.807) is 13.0 Å². The molecule has 0 aliphatic rings. The second kappa shape index (κ2) is 6.16. The van der Waals surface area contributed by atoms with Crippen molar-refractivity contribution in [2.75, 3.05) is 0 Å². The van der Waals surface area contributed by atoms with Gasteiger partial charge in [0.1, 0.15) is 5.75 Å². The monoisotopic (exact) mass is 326 g/mol. The average Bonchev–Trinajstić information content (AvgIpc) is 2.84. The van der Waals surface area contributed by atoms with Crippen molar-refractivity contribution in [3.63, 3.8) is 0 Å². The van der Waals surface area contributed by atoms with E-state index in [0.717, 1.165) is 16.5 Å². The number of hydrogen-bond donors (Lipinski definition) is 1. The minimum Gasteiger partial charge on any atom is -0.483 e. The summed E-state index contributed by atoms with van der Waals surface area (Å²) in [6.07, 6.45) is 0.122. The van der Waals surface area contributed by atoms with E-state index in [4.69, 9.17) is 9.26 Å². The Balaban J connectivity index is 2.12. The second-order valence-corrected chi connectivity index (χ2v) is 5.02. The molecule has 2 aromatic rings. The molecular formula is C13H15BrN2O3. The zero-order valence-electron chi connectivity index (χ0n) is 10.8. The molecule has 1 aromatic carbocycles. The summed E-state index contributed by atoms with van der Waals surface area (Å²) in [6, 6.07) is 5.48. The summed E-state index contributed by atoms with van der Waals surface area (Å²) in [5, 5.41) is 13.5. The molecule has 0 spiro atoms. The number of rotatable bonds is 5. The average molecular weight is 327 g/mol. The van der Waals surface area contributed by atoms with E-state index in [1.165, 1.54) is 0 Å². The van der Waals surface area contributed by atoms with Crippen molar-refractivity contribution in [3.05, 3.63) is 40.0 Å².